The number of benzene rings is 1. The van der Waals surface area contributed by atoms with Gasteiger partial charge in [-0.05, 0) is 43.7 Å². The van der Waals surface area contributed by atoms with Crippen molar-refractivity contribution in [2.24, 2.45) is 0 Å². The van der Waals surface area contributed by atoms with Crippen LogP contribution in [0.2, 0.25) is 0 Å². The smallest absolute Gasteiger partial charge is 0.139 e. The molecule has 0 saturated carbocycles. The average molecular weight is 318 g/mol. The summed E-state index contributed by atoms with van der Waals surface area (Å²) in [6.07, 6.45) is 10.9. The van der Waals surface area contributed by atoms with Crippen molar-refractivity contribution >= 4 is 0 Å². The Labute approximate surface area is 137 Å². The van der Waals surface area contributed by atoms with Crippen molar-refractivity contribution in [3.8, 4) is 0 Å². The molecule has 0 unspecified atom stereocenters. The highest BCUT2D eigenvalue weighted by molar-refractivity contribution is 5.21. The summed E-state index contributed by atoms with van der Waals surface area (Å²) >= 11 is 0. The number of rotatable bonds is 2. The Morgan fingerprint density at radius 2 is 1.74 bits per heavy atom. The summed E-state index contributed by atoms with van der Waals surface area (Å²) in [6.45, 7) is 5.55. The number of allylic oxidation sites excluding steroid dienone is 4. The van der Waals surface area contributed by atoms with Crippen LogP contribution in [0.25, 0.3) is 0 Å². The lowest BCUT2D eigenvalue weighted by molar-refractivity contribution is 0.170. The van der Waals surface area contributed by atoms with Crippen LogP contribution < -0.4 is 0 Å². The first-order chi connectivity index (χ1) is 11.2. The summed E-state index contributed by atoms with van der Waals surface area (Å²) in [5.41, 5.74) is 0. The van der Waals surface area contributed by atoms with Gasteiger partial charge in [-0.3, -0.25) is 0 Å². The lowest BCUT2D eigenvalue weighted by Gasteiger charge is -2.35. The van der Waals surface area contributed by atoms with Crippen LogP contribution in [0.15, 0.2) is 66.8 Å². The summed E-state index contributed by atoms with van der Waals surface area (Å²) < 4.78 is 25.2. The second kappa shape index (κ2) is 9.26. The van der Waals surface area contributed by atoms with Gasteiger partial charge in [-0.25, -0.2) is 8.78 Å². The number of piperidine rings is 1. The van der Waals surface area contributed by atoms with E-state index < -0.39 is 0 Å². The van der Waals surface area contributed by atoms with E-state index in [0.29, 0.717) is 6.04 Å². The quantitative estimate of drug-likeness (QED) is 0.792. The van der Waals surface area contributed by atoms with Gasteiger partial charge in [0.25, 0.3) is 0 Å². The predicted molar refractivity (Wildman–Crippen MR) is 90.8 cm³/mol. The third-order valence-corrected chi connectivity index (χ3v) is 4.06. The summed E-state index contributed by atoms with van der Waals surface area (Å²) in [5.74, 6) is -0.342. The normalized spacial score (nSPS) is 18.9. The van der Waals surface area contributed by atoms with Gasteiger partial charge in [-0.1, -0.05) is 31.2 Å². The van der Waals surface area contributed by atoms with E-state index in [0.717, 1.165) is 32.5 Å². The van der Waals surface area contributed by atoms with Gasteiger partial charge in [-0.15, -0.1) is 0 Å². The molecule has 2 nitrogen and oxygen atoms in total. The van der Waals surface area contributed by atoms with Gasteiger partial charge >= 0.3 is 0 Å². The van der Waals surface area contributed by atoms with Crippen molar-refractivity contribution in [2.75, 3.05) is 19.6 Å². The Balaban J connectivity index is 0.000000229. The largest absolute Gasteiger partial charge is 0.348 e. The third kappa shape index (κ3) is 5.99. The molecule has 2 aliphatic rings. The van der Waals surface area contributed by atoms with E-state index in [9.17, 15) is 8.78 Å². The number of halogens is 2. The Kier molecular flexibility index (Phi) is 7.01. The van der Waals surface area contributed by atoms with Crippen molar-refractivity contribution in [1.29, 1.82) is 0 Å². The van der Waals surface area contributed by atoms with E-state index in [1.165, 1.54) is 18.2 Å². The van der Waals surface area contributed by atoms with Crippen molar-refractivity contribution in [1.82, 2.24) is 9.80 Å². The maximum absolute atomic E-state index is 13.3. The molecule has 1 aromatic carbocycles. The molecule has 0 N–H and O–H groups in total. The van der Waals surface area contributed by atoms with E-state index in [-0.39, 0.29) is 11.6 Å². The van der Waals surface area contributed by atoms with Gasteiger partial charge in [0.05, 0.1) is 0 Å². The zero-order valence-corrected chi connectivity index (χ0v) is 13.5. The first kappa shape index (κ1) is 17.4. The van der Waals surface area contributed by atoms with Crippen LogP contribution >= 0.6 is 0 Å². The van der Waals surface area contributed by atoms with E-state index >= 15 is 0 Å². The Morgan fingerprint density at radius 3 is 2.30 bits per heavy atom. The molecule has 23 heavy (non-hydrogen) atoms. The van der Waals surface area contributed by atoms with Crippen LogP contribution in [0.4, 0.5) is 8.78 Å². The Morgan fingerprint density at radius 1 is 1.04 bits per heavy atom. The van der Waals surface area contributed by atoms with Crippen molar-refractivity contribution in [3.05, 3.63) is 72.6 Å². The van der Waals surface area contributed by atoms with Crippen LogP contribution in [0.3, 0.4) is 0 Å². The number of likely N-dealkylation sites (tertiary alicyclic amines) is 1. The molecule has 0 bridgehead atoms. The van der Waals surface area contributed by atoms with Crippen molar-refractivity contribution < 1.29 is 8.78 Å². The maximum atomic E-state index is 13.3. The molecule has 2 heterocycles. The molecule has 0 aliphatic carbocycles. The van der Waals surface area contributed by atoms with Crippen LogP contribution in [0, 0.1) is 5.82 Å². The monoisotopic (exact) mass is 318 g/mol. The molecule has 3 rings (SSSR count). The molecule has 2 aliphatic heterocycles. The second-order valence-corrected chi connectivity index (χ2v) is 5.62. The van der Waals surface area contributed by atoms with Gasteiger partial charge in [0.2, 0.25) is 0 Å². The highest BCUT2D eigenvalue weighted by atomic mass is 19.1. The van der Waals surface area contributed by atoms with Gasteiger partial charge in [0, 0.05) is 31.5 Å². The Bertz CT molecular complexity index is 544. The molecule has 0 spiro atoms. The third-order valence-electron chi connectivity index (χ3n) is 4.06. The first-order valence-corrected chi connectivity index (χ1v) is 8.11. The van der Waals surface area contributed by atoms with Gasteiger partial charge in [0.1, 0.15) is 11.6 Å². The molecule has 1 aromatic rings. The molecular formula is C19H24F2N2. The molecular weight excluding hydrogens is 294 g/mol. The summed E-state index contributed by atoms with van der Waals surface area (Å²) in [7, 11) is 0. The SMILES string of the molecule is CCN1CCC(N2C=CC=CC(F)=C2)CC1.Fc1ccccc1. The fourth-order valence-corrected chi connectivity index (χ4v) is 2.70. The minimum Gasteiger partial charge on any atom is -0.348 e. The molecule has 4 heteroatoms. The summed E-state index contributed by atoms with van der Waals surface area (Å²) in [6, 6.07) is 8.39. The number of hydrogen-bond donors (Lipinski definition) is 0. The Hall–Kier alpha value is -1.94. The molecule has 0 radical (unpaired) electrons. The molecule has 0 atom stereocenters. The molecule has 0 amide bonds. The topological polar surface area (TPSA) is 6.48 Å². The second-order valence-electron chi connectivity index (χ2n) is 5.62. The summed E-state index contributed by atoms with van der Waals surface area (Å²) in [5, 5.41) is 0. The van der Waals surface area contributed by atoms with Crippen LogP contribution in [-0.2, 0) is 0 Å². The zero-order chi connectivity index (χ0) is 16.5. The van der Waals surface area contributed by atoms with Crippen LogP contribution in [-0.4, -0.2) is 35.5 Å². The number of hydrogen-bond acceptors (Lipinski definition) is 2. The van der Waals surface area contributed by atoms with Crippen molar-refractivity contribution in [3.63, 3.8) is 0 Å². The molecule has 1 fully saturated rings. The number of nitrogens with zero attached hydrogens (tertiary/aromatic N) is 2. The van der Waals surface area contributed by atoms with Crippen LogP contribution in [0.5, 0.6) is 0 Å². The zero-order valence-electron chi connectivity index (χ0n) is 13.5. The van der Waals surface area contributed by atoms with Gasteiger partial charge in [-0.2, -0.15) is 0 Å². The maximum Gasteiger partial charge on any atom is 0.139 e. The minimum absolute atomic E-state index is 0.164. The highest BCUT2D eigenvalue weighted by Crippen LogP contribution is 2.19. The lowest BCUT2D eigenvalue weighted by atomic mass is 10.0. The predicted octanol–water partition coefficient (Wildman–Crippen LogP) is 4.49. The highest BCUT2D eigenvalue weighted by Gasteiger charge is 2.21. The van der Waals surface area contributed by atoms with E-state index in [1.54, 1.807) is 30.5 Å². The van der Waals surface area contributed by atoms with Gasteiger partial charge in [0.15, 0.2) is 0 Å². The van der Waals surface area contributed by atoms with E-state index in [2.05, 4.69) is 11.8 Å². The molecule has 124 valence electrons. The van der Waals surface area contributed by atoms with Crippen molar-refractivity contribution in [2.45, 2.75) is 25.8 Å². The van der Waals surface area contributed by atoms with E-state index in [4.69, 9.17) is 0 Å². The van der Waals surface area contributed by atoms with E-state index in [1.807, 2.05) is 17.2 Å². The first-order valence-electron chi connectivity index (χ1n) is 8.11. The average Bonchev–Trinajstić information content (AvgIpc) is 2.81. The fourth-order valence-electron chi connectivity index (χ4n) is 2.70. The standard InChI is InChI=1S/C13H19FN2.C6H5F/c1-2-15-9-6-13(7-10-15)16-8-4-3-5-12(14)11-16;7-6-4-2-1-3-5-6/h3-5,8,11,13H,2,6-7,9-10H2,1H3;1-5H. The fraction of sp³-hybridized carbons (Fsp3) is 0.368. The lowest BCUT2D eigenvalue weighted by Crippen LogP contribution is -2.41. The minimum atomic E-state index is -0.178. The van der Waals surface area contributed by atoms with Crippen LogP contribution in [0.1, 0.15) is 19.8 Å². The summed E-state index contributed by atoms with van der Waals surface area (Å²) in [4.78, 5) is 4.46. The molecule has 1 saturated heterocycles. The van der Waals surface area contributed by atoms with Gasteiger partial charge < -0.3 is 9.80 Å². The molecule has 0 aromatic heterocycles.